The van der Waals surface area contributed by atoms with E-state index in [0.717, 1.165) is 11.3 Å². The molecule has 9 nitrogen and oxygen atoms in total. The summed E-state index contributed by atoms with van der Waals surface area (Å²) in [6, 6.07) is 10.8. The fourth-order valence-corrected chi connectivity index (χ4v) is 2.20. The van der Waals surface area contributed by atoms with Crippen molar-refractivity contribution >= 4 is 17.3 Å². The minimum atomic E-state index is -0.493. The Balaban J connectivity index is 1.78. The number of tetrazole rings is 1. The minimum absolute atomic E-state index is 0.0327. The second-order valence-corrected chi connectivity index (χ2v) is 5.01. The zero-order valence-corrected chi connectivity index (χ0v) is 12.6. The lowest BCUT2D eigenvalue weighted by Crippen LogP contribution is -2.12. The Labute approximate surface area is 136 Å². The molecule has 0 spiro atoms. The highest BCUT2D eigenvalue weighted by atomic mass is 16.6. The SMILES string of the molecule is Cc1cc(C(=O)Nc2ccc([N+](=O)[O-])cc2)ccc1-n1cnnn1. The monoisotopic (exact) mass is 324 g/mol. The van der Waals surface area contributed by atoms with Gasteiger partial charge in [-0.2, -0.15) is 0 Å². The van der Waals surface area contributed by atoms with E-state index in [1.54, 1.807) is 18.2 Å². The van der Waals surface area contributed by atoms with Gasteiger partial charge in [0.1, 0.15) is 6.33 Å². The molecule has 1 N–H and O–H groups in total. The number of nitro benzene ring substituents is 1. The summed E-state index contributed by atoms with van der Waals surface area (Å²) in [4.78, 5) is 22.4. The second kappa shape index (κ2) is 6.24. The van der Waals surface area contributed by atoms with Crippen molar-refractivity contribution in [1.82, 2.24) is 20.2 Å². The topological polar surface area (TPSA) is 116 Å². The van der Waals surface area contributed by atoms with Crippen molar-refractivity contribution in [1.29, 1.82) is 0 Å². The summed E-state index contributed by atoms with van der Waals surface area (Å²) in [5, 5.41) is 24.3. The van der Waals surface area contributed by atoms with Gasteiger partial charge < -0.3 is 5.32 Å². The number of amides is 1. The maximum atomic E-state index is 12.3. The number of nitrogens with zero attached hydrogens (tertiary/aromatic N) is 5. The lowest BCUT2D eigenvalue weighted by molar-refractivity contribution is -0.384. The molecule has 9 heteroatoms. The molecule has 3 aromatic rings. The van der Waals surface area contributed by atoms with Gasteiger partial charge in [-0.15, -0.1) is 5.10 Å². The predicted molar refractivity (Wildman–Crippen MR) is 84.9 cm³/mol. The highest BCUT2D eigenvalue weighted by molar-refractivity contribution is 6.04. The van der Waals surface area contributed by atoms with Gasteiger partial charge in [0.25, 0.3) is 11.6 Å². The number of rotatable bonds is 4. The Morgan fingerprint density at radius 3 is 2.54 bits per heavy atom. The Hall–Kier alpha value is -3.62. The fourth-order valence-electron chi connectivity index (χ4n) is 2.20. The molecule has 0 radical (unpaired) electrons. The van der Waals surface area contributed by atoms with E-state index < -0.39 is 4.92 Å². The fraction of sp³-hybridized carbons (Fsp3) is 0.0667. The Bertz CT molecular complexity index is 890. The molecule has 0 aliphatic carbocycles. The summed E-state index contributed by atoms with van der Waals surface area (Å²) in [6.45, 7) is 1.85. The zero-order valence-electron chi connectivity index (χ0n) is 12.6. The molecule has 1 aromatic heterocycles. The van der Waals surface area contributed by atoms with Crippen molar-refractivity contribution in [3.05, 3.63) is 70.0 Å². The quantitative estimate of drug-likeness (QED) is 0.580. The standard InChI is InChI=1S/C15H12N6O3/c1-10-8-11(2-7-14(10)20-9-16-18-19-20)15(22)17-12-3-5-13(6-4-12)21(23)24/h2-9H,1H3,(H,17,22). The number of nitro groups is 1. The van der Waals surface area contributed by atoms with E-state index in [2.05, 4.69) is 20.8 Å². The first-order chi connectivity index (χ1) is 11.5. The van der Waals surface area contributed by atoms with Gasteiger partial charge in [-0.05, 0) is 53.2 Å². The third-order valence-corrected chi connectivity index (χ3v) is 3.39. The molecule has 120 valence electrons. The summed E-state index contributed by atoms with van der Waals surface area (Å²) in [6.07, 6.45) is 1.47. The highest BCUT2D eigenvalue weighted by Gasteiger charge is 2.11. The van der Waals surface area contributed by atoms with Crippen LogP contribution in [0.3, 0.4) is 0 Å². The summed E-state index contributed by atoms with van der Waals surface area (Å²) in [5.41, 5.74) is 2.51. The molecule has 2 aromatic carbocycles. The number of nitrogens with one attached hydrogen (secondary N) is 1. The van der Waals surface area contributed by atoms with Gasteiger partial charge in [0, 0.05) is 23.4 Å². The number of carbonyl (C=O) groups is 1. The van der Waals surface area contributed by atoms with Crippen LogP contribution in [0.15, 0.2) is 48.8 Å². The third-order valence-electron chi connectivity index (χ3n) is 3.39. The largest absolute Gasteiger partial charge is 0.322 e. The number of benzene rings is 2. The summed E-state index contributed by atoms with van der Waals surface area (Å²) >= 11 is 0. The van der Waals surface area contributed by atoms with Crippen LogP contribution >= 0.6 is 0 Å². The molecule has 1 amide bonds. The normalized spacial score (nSPS) is 10.4. The molecule has 24 heavy (non-hydrogen) atoms. The first-order valence-corrected chi connectivity index (χ1v) is 6.94. The Morgan fingerprint density at radius 2 is 1.96 bits per heavy atom. The number of anilines is 1. The number of hydrogen-bond acceptors (Lipinski definition) is 6. The molecular formula is C15H12N6O3. The second-order valence-electron chi connectivity index (χ2n) is 5.01. The number of aromatic nitrogens is 4. The van der Waals surface area contributed by atoms with Gasteiger partial charge in [0.15, 0.2) is 0 Å². The summed E-state index contributed by atoms with van der Waals surface area (Å²) < 4.78 is 1.51. The van der Waals surface area contributed by atoms with Gasteiger partial charge in [0.2, 0.25) is 0 Å². The van der Waals surface area contributed by atoms with Gasteiger partial charge in [-0.3, -0.25) is 14.9 Å². The molecule has 0 fully saturated rings. The minimum Gasteiger partial charge on any atom is -0.322 e. The van der Waals surface area contributed by atoms with Crippen molar-refractivity contribution in [3.63, 3.8) is 0 Å². The van der Waals surface area contributed by atoms with E-state index in [1.807, 2.05) is 6.92 Å². The van der Waals surface area contributed by atoms with E-state index in [1.165, 1.54) is 35.3 Å². The average Bonchev–Trinajstić information content (AvgIpc) is 3.09. The Kier molecular flexibility index (Phi) is 3.98. The lowest BCUT2D eigenvalue weighted by atomic mass is 10.1. The molecule has 0 bridgehead atoms. The highest BCUT2D eigenvalue weighted by Crippen LogP contribution is 2.18. The molecule has 0 saturated carbocycles. The van der Waals surface area contributed by atoms with Crippen molar-refractivity contribution in [2.45, 2.75) is 6.92 Å². The van der Waals surface area contributed by atoms with E-state index in [0.29, 0.717) is 11.3 Å². The third kappa shape index (κ3) is 3.09. The predicted octanol–water partition coefficient (Wildman–Crippen LogP) is 2.13. The molecule has 3 rings (SSSR count). The smallest absolute Gasteiger partial charge is 0.269 e. The first-order valence-electron chi connectivity index (χ1n) is 6.94. The molecule has 0 saturated heterocycles. The van der Waals surface area contributed by atoms with Gasteiger partial charge in [0.05, 0.1) is 10.6 Å². The van der Waals surface area contributed by atoms with Crippen LogP contribution in [-0.2, 0) is 0 Å². The molecule has 1 heterocycles. The molecule has 0 aliphatic heterocycles. The van der Waals surface area contributed by atoms with Crippen LogP contribution in [0.25, 0.3) is 5.69 Å². The van der Waals surface area contributed by atoms with Crippen LogP contribution in [0.4, 0.5) is 11.4 Å². The molecular weight excluding hydrogens is 312 g/mol. The van der Waals surface area contributed by atoms with Crippen molar-refractivity contribution in [2.24, 2.45) is 0 Å². The summed E-state index contributed by atoms with van der Waals surface area (Å²) in [7, 11) is 0. The maximum absolute atomic E-state index is 12.3. The van der Waals surface area contributed by atoms with E-state index >= 15 is 0 Å². The van der Waals surface area contributed by atoms with Gasteiger partial charge in [-0.25, -0.2) is 4.68 Å². The number of hydrogen-bond donors (Lipinski definition) is 1. The van der Waals surface area contributed by atoms with Gasteiger partial charge in [-0.1, -0.05) is 0 Å². The molecule has 0 aliphatic rings. The van der Waals surface area contributed by atoms with E-state index in [9.17, 15) is 14.9 Å². The van der Waals surface area contributed by atoms with Crippen molar-refractivity contribution in [3.8, 4) is 5.69 Å². The van der Waals surface area contributed by atoms with E-state index in [4.69, 9.17) is 0 Å². The number of aryl methyl sites for hydroxylation is 1. The summed E-state index contributed by atoms with van der Waals surface area (Å²) in [5.74, 6) is -0.310. The first kappa shape index (κ1) is 15.3. The number of carbonyl (C=O) groups excluding carboxylic acids is 1. The Morgan fingerprint density at radius 1 is 1.21 bits per heavy atom. The van der Waals surface area contributed by atoms with E-state index in [-0.39, 0.29) is 11.6 Å². The zero-order chi connectivity index (χ0) is 17.1. The lowest BCUT2D eigenvalue weighted by Gasteiger charge is -2.08. The van der Waals surface area contributed by atoms with Crippen LogP contribution in [-0.4, -0.2) is 31.0 Å². The molecule has 0 unspecified atom stereocenters. The van der Waals surface area contributed by atoms with Crippen molar-refractivity contribution in [2.75, 3.05) is 5.32 Å². The van der Waals surface area contributed by atoms with Crippen molar-refractivity contribution < 1.29 is 9.72 Å². The maximum Gasteiger partial charge on any atom is 0.269 e. The van der Waals surface area contributed by atoms with Crippen LogP contribution in [0.5, 0.6) is 0 Å². The van der Waals surface area contributed by atoms with Crippen LogP contribution in [0, 0.1) is 17.0 Å². The van der Waals surface area contributed by atoms with Gasteiger partial charge >= 0.3 is 0 Å². The van der Waals surface area contributed by atoms with Crippen LogP contribution in [0.1, 0.15) is 15.9 Å². The molecule has 0 atom stereocenters. The van der Waals surface area contributed by atoms with Crippen LogP contribution in [0.2, 0.25) is 0 Å². The number of non-ortho nitro benzene ring substituents is 1. The van der Waals surface area contributed by atoms with Crippen LogP contribution < -0.4 is 5.32 Å². The average molecular weight is 324 g/mol.